The summed E-state index contributed by atoms with van der Waals surface area (Å²) >= 11 is 25.0. The maximum Gasteiger partial charge on any atom is 0.318 e. The van der Waals surface area contributed by atoms with Gasteiger partial charge in [-0.1, -0.05) is 76.2 Å². The molecule has 47 heavy (non-hydrogen) atoms. The molecule has 2 unspecified atom stereocenters. The number of nitrogens with zero attached hydrogens (tertiary/aromatic N) is 3. The van der Waals surface area contributed by atoms with Crippen LogP contribution < -0.4 is 24.2 Å². The minimum Gasteiger partial charge on any atom is -0.385 e. The molecule has 1 saturated heterocycles. The molecule has 2 amide bonds. The fourth-order valence-corrected chi connectivity index (χ4v) is 7.78. The summed E-state index contributed by atoms with van der Waals surface area (Å²) in [6.07, 6.45) is 0. The third-order valence-electron chi connectivity index (χ3n) is 6.67. The van der Waals surface area contributed by atoms with Crippen LogP contribution in [0.2, 0.25) is 20.1 Å². The van der Waals surface area contributed by atoms with E-state index in [2.05, 4.69) is 10.7 Å². The van der Waals surface area contributed by atoms with Crippen LogP contribution in [-0.2, 0) is 20.9 Å². The number of hydrogen-bond donors (Lipinski definition) is 2. The van der Waals surface area contributed by atoms with Gasteiger partial charge in [0.25, 0.3) is 5.91 Å². The molecular weight excluding hydrogens is 724 g/mol. The van der Waals surface area contributed by atoms with Crippen LogP contribution in [0, 0.1) is 6.92 Å². The second-order valence-corrected chi connectivity index (χ2v) is 14.0. The predicted molar refractivity (Wildman–Crippen MR) is 194 cm³/mol. The molecule has 0 radical (unpaired) electrons. The molecule has 15 heteroatoms. The van der Waals surface area contributed by atoms with Gasteiger partial charge in [0.2, 0.25) is 5.91 Å². The highest BCUT2D eigenvalue weighted by Crippen LogP contribution is 2.42. The molecule has 4 aromatic rings. The molecule has 244 valence electrons. The summed E-state index contributed by atoms with van der Waals surface area (Å²) in [5, 5.41) is 3.81. The van der Waals surface area contributed by atoms with E-state index in [0.717, 1.165) is 5.56 Å². The number of aryl methyl sites for hydroxylation is 1. The summed E-state index contributed by atoms with van der Waals surface area (Å²) in [7, 11) is 0. The van der Waals surface area contributed by atoms with Crippen molar-refractivity contribution >= 4 is 110 Å². The van der Waals surface area contributed by atoms with Crippen molar-refractivity contribution in [2.45, 2.75) is 30.9 Å². The molecule has 0 bridgehead atoms. The summed E-state index contributed by atoms with van der Waals surface area (Å²) in [6.45, 7) is 5.52. The first kappa shape index (κ1) is 34.9. The number of hydrazine groups is 1. The molecule has 1 aliphatic rings. The molecule has 2 N–H and O–H groups in total. The van der Waals surface area contributed by atoms with Crippen molar-refractivity contribution in [2.75, 3.05) is 21.2 Å². The second-order valence-electron chi connectivity index (χ2n) is 10.1. The highest BCUT2D eigenvalue weighted by molar-refractivity contribution is 8.01. The van der Waals surface area contributed by atoms with E-state index in [0.29, 0.717) is 39.3 Å². The van der Waals surface area contributed by atoms with E-state index >= 15 is 0 Å². The van der Waals surface area contributed by atoms with E-state index in [4.69, 9.17) is 55.6 Å². The molecule has 2 atom stereocenters. The van der Waals surface area contributed by atoms with Gasteiger partial charge in [-0.3, -0.25) is 19.3 Å². The van der Waals surface area contributed by atoms with Gasteiger partial charge in [0.05, 0.1) is 26.4 Å². The van der Waals surface area contributed by atoms with E-state index in [-0.39, 0.29) is 32.5 Å². The smallest absolute Gasteiger partial charge is 0.318 e. The molecular formula is C32H27Cl4N5O4S2. The molecule has 5 rings (SSSR count). The quantitative estimate of drug-likeness (QED) is 0.168. The minimum absolute atomic E-state index is 0.139. The fourth-order valence-electron chi connectivity index (χ4n) is 4.54. The van der Waals surface area contributed by atoms with Crippen molar-refractivity contribution in [1.29, 1.82) is 0 Å². The monoisotopic (exact) mass is 749 g/mol. The van der Waals surface area contributed by atoms with Crippen molar-refractivity contribution in [3.63, 3.8) is 0 Å². The van der Waals surface area contributed by atoms with Gasteiger partial charge in [-0.2, -0.15) is 4.21 Å². The Hall–Kier alpha value is -3.45. The second kappa shape index (κ2) is 15.2. The molecule has 1 heterocycles. The Morgan fingerprint density at radius 2 is 1.70 bits per heavy atom. The van der Waals surface area contributed by atoms with Crippen LogP contribution >= 0.6 is 58.2 Å². The van der Waals surface area contributed by atoms with Gasteiger partial charge < -0.3 is 9.50 Å². The van der Waals surface area contributed by atoms with Crippen molar-refractivity contribution in [1.82, 2.24) is 5.43 Å². The number of amides is 2. The third kappa shape index (κ3) is 8.17. The normalized spacial score (nSPS) is 15.8. The topological polar surface area (TPSA) is 103 Å². The van der Waals surface area contributed by atoms with Crippen molar-refractivity contribution < 1.29 is 18.0 Å². The zero-order chi connectivity index (χ0) is 33.8. The lowest BCUT2D eigenvalue weighted by molar-refractivity contribution is -0.116. The van der Waals surface area contributed by atoms with Crippen molar-refractivity contribution in [3.8, 4) is 5.75 Å². The van der Waals surface area contributed by atoms with Gasteiger partial charge in [-0.25, -0.2) is 10.0 Å². The van der Waals surface area contributed by atoms with Crippen LogP contribution in [0.25, 0.3) is 0 Å². The number of para-hydroxylation sites is 1. The number of rotatable bonds is 10. The first-order valence-corrected chi connectivity index (χ1v) is 17.5. The number of carbonyl (C=O) groups is 2. The lowest BCUT2D eigenvalue weighted by atomic mass is 10.2. The van der Waals surface area contributed by atoms with Gasteiger partial charge in [-0.05, 0) is 68.4 Å². The Balaban J connectivity index is 1.55. The van der Waals surface area contributed by atoms with E-state index < -0.39 is 22.4 Å². The van der Waals surface area contributed by atoms with Crippen molar-refractivity contribution in [3.05, 3.63) is 105 Å². The molecule has 1 aliphatic heterocycles. The number of benzene rings is 4. The first-order chi connectivity index (χ1) is 22.4. The van der Waals surface area contributed by atoms with Crippen LogP contribution in [0.15, 0.2) is 88.8 Å². The number of nitrogens with one attached hydrogen (secondary N) is 2. The van der Waals surface area contributed by atoms with Crippen LogP contribution in [0.4, 0.5) is 22.7 Å². The zero-order valence-electron chi connectivity index (χ0n) is 25.1. The van der Waals surface area contributed by atoms with Gasteiger partial charge in [0.15, 0.2) is 0 Å². The average molecular weight is 752 g/mol. The van der Waals surface area contributed by atoms with Crippen LogP contribution in [0.5, 0.6) is 5.75 Å². The number of aliphatic imine (C=N–C) groups is 1. The number of anilines is 3. The number of halogens is 4. The van der Waals surface area contributed by atoms with Crippen LogP contribution in [-0.4, -0.2) is 33.7 Å². The first-order valence-electron chi connectivity index (χ1n) is 14.1. The lowest BCUT2D eigenvalue weighted by Crippen LogP contribution is -2.36. The molecule has 0 saturated carbocycles. The number of carbonyl (C=O) groups excluding carboxylic acids is 2. The maximum absolute atomic E-state index is 14.2. The summed E-state index contributed by atoms with van der Waals surface area (Å²) < 4.78 is 20.8. The van der Waals surface area contributed by atoms with E-state index in [1.54, 1.807) is 40.7 Å². The Kier molecular flexibility index (Phi) is 11.3. The van der Waals surface area contributed by atoms with Crippen LogP contribution in [0.1, 0.15) is 19.4 Å². The van der Waals surface area contributed by atoms with E-state index in [9.17, 15) is 13.8 Å². The number of thioether (sulfide) groups is 1. The summed E-state index contributed by atoms with van der Waals surface area (Å²) in [4.78, 5) is 31.2. The molecule has 0 aromatic heterocycles. The summed E-state index contributed by atoms with van der Waals surface area (Å²) in [5.41, 5.74) is 5.61. The SMILES string of the molecule is CCN(c1ccccc1SC1C(=O)N(c2c(Cl)cc(Cl)cc2Cl)NC1=Nc1cc(NC(C)=O)ccc1Cl)S(=O)Oc1ccc(C)cc1. The number of hydrogen-bond acceptors (Lipinski definition) is 6. The standard InChI is InChI=1S/C32H27Cl4N5O4S2/c1-4-40(47(44)45-22-12-9-18(2)10-13-22)27-7-5-6-8-28(27)46-30-31(38-26-17-21(37-19(3)42)11-14-23(26)34)39-41(32(30)43)29-24(35)15-20(33)16-25(29)36/h5-17,30H,4H2,1-3H3,(H,37,42)(H,38,39). The lowest BCUT2D eigenvalue weighted by Gasteiger charge is -2.24. The van der Waals surface area contributed by atoms with Crippen LogP contribution in [0.3, 0.4) is 0 Å². The average Bonchev–Trinajstić information content (AvgIpc) is 3.30. The van der Waals surface area contributed by atoms with Gasteiger partial charge in [0, 0.05) is 29.1 Å². The molecule has 1 fully saturated rings. The van der Waals surface area contributed by atoms with E-state index in [1.165, 1.54) is 35.8 Å². The third-order valence-corrected chi connectivity index (χ3v) is 10.2. The van der Waals surface area contributed by atoms with Gasteiger partial charge in [0.1, 0.15) is 22.5 Å². The van der Waals surface area contributed by atoms with Crippen molar-refractivity contribution in [2.24, 2.45) is 4.99 Å². The number of amidine groups is 1. The fraction of sp³-hybridized carbons (Fsp3) is 0.156. The molecule has 0 aliphatic carbocycles. The van der Waals surface area contributed by atoms with Gasteiger partial charge >= 0.3 is 11.3 Å². The Morgan fingerprint density at radius 3 is 2.36 bits per heavy atom. The Morgan fingerprint density at radius 1 is 1.02 bits per heavy atom. The molecule has 4 aromatic carbocycles. The maximum atomic E-state index is 14.2. The summed E-state index contributed by atoms with van der Waals surface area (Å²) in [6, 6.07) is 22.2. The Bertz CT molecular complexity index is 1870. The molecule has 9 nitrogen and oxygen atoms in total. The zero-order valence-corrected chi connectivity index (χ0v) is 29.7. The predicted octanol–water partition coefficient (Wildman–Crippen LogP) is 8.79. The summed E-state index contributed by atoms with van der Waals surface area (Å²) in [5.74, 6) is -0.0527. The molecule has 0 spiro atoms. The van der Waals surface area contributed by atoms with Gasteiger partial charge in [-0.15, -0.1) is 11.8 Å². The highest BCUT2D eigenvalue weighted by atomic mass is 35.5. The van der Waals surface area contributed by atoms with E-state index in [1.807, 2.05) is 44.2 Å². The Labute approximate surface area is 298 Å². The minimum atomic E-state index is -1.91. The highest BCUT2D eigenvalue weighted by Gasteiger charge is 2.41. The largest absolute Gasteiger partial charge is 0.385 e.